The Morgan fingerprint density at radius 2 is 2.07 bits per heavy atom. The van der Waals surface area contributed by atoms with E-state index in [0.29, 0.717) is 30.5 Å². The zero-order valence-corrected chi connectivity index (χ0v) is 15.6. The molecule has 2 aromatic rings. The van der Waals surface area contributed by atoms with Gasteiger partial charge in [-0.2, -0.15) is 0 Å². The van der Waals surface area contributed by atoms with Gasteiger partial charge in [0.15, 0.2) is 11.6 Å². The molecule has 0 radical (unpaired) electrons. The van der Waals surface area contributed by atoms with E-state index in [0.717, 1.165) is 38.0 Å². The van der Waals surface area contributed by atoms with Crippen molar-refractivity contribution in [1.82, 2.24) is 15.0 Å². The van der Waals surface area contributed by atoms with Gasteiger partial charge in [0.1, 0.15) is 5.54 Å². The molecule has 1 N–H and O–H groups in total. The van der Waals surface area contributed by atoms with Crippen molar-refractivity contribution >= 4 is 17.5 Å². The molecule has 4 heterocycles. The van der Waals surface area contributed by atoms with E-state index in [1.54, 1.807) is 24.8 Å². The number of nitrogens with zero attached hydrogens (tertiary/aromatic N) is 4. The lowest BCUT2D eigenvalue weighted by molar-refractivity contribution is -0.123. The number of aromatic nitrogens is 3. The Bertz CT molecular complexity index is 794. The number of nitrogens with one attached hydrogen (secondary N) is 1. The topological polar surface area (TPSA) is 80.2 Å². The van der Waals surface area contributed by atoms with Crippen molar-refractivity contribution in [3.63, 3.8) is 0 Å². The van der Waals surface area contributed by atoms with Crippen LogP contribution in [-0.4, -0.2) is 40.6 Å². The van der Waals surface area contributed by atoms with Crippen LogP contribution in [0.15, 0.2) is 36.9 Å². The highest BCUT2D eigenvalue weighted by atomic mass is 16.5. The summed E-state index contributed by atoms with van der Waals surface area (Å²) >= 11 is 0. The van der Waals surface area contributed by atoms with Gasteiger partial charge in [0.05, 0.1) is 0 Å². The molecule has 7 nitrogen and oxygen atoms in total. The molecule has 2 aliphatic heterocycles. The Morgan fingerprint density at radius 1 is 1.26 bits per heavy atom. The van der Waals surface area contributed by atoms with E-state index in [1.165, 1.54) is 0 Å². The molecular formula is C20H25N5O2. The highest BCUT2D eigenvalue weighted by Crippen LogP contribution is 2.40. The van der Waals surface area contributed by atoms with E-state index >= 15 is 0 Å². The Kier molecular flexibility index (Phi) is 5.03. The molecule has 7 heteroatoms. The van der Waals surface area contributed by atoms with Crippen LogP contribution >= 0.6 is 0 Å². The Balaban J connectivity index is 1.67. The van der Waals surface area contributed by atoms with Gasteiger partial charge in [-0.25, -0.2) is 9.97 Å². The second kappa shape index (κ2) is 7.60. The first-order valence-electron chi connectivity index (χ1n) is 9.64. The summed E-state index contributed by atoms with van der Waals surface area (Å²) in [6.07, 6.45) is 10.4. The van der Waals surface area contributed by atoms with Gasteiger partial charge in [-0.1, -0.05) is 13.0 Å². The van der Waals surface area contributed by atoms with Gasteiger partial charge in [0.25, 0.3) is 5.91 Å². The summed E-state index contributed by atoms with van der Waals surface area (Å²) in [6.45, 7) is 4.27. The summed E-state index contributed by atoms with van der Waals surface area (Å²) in [5.41, 5.74) is -0.0164. The number of ether oxygens (including phenoxy) is 1. The van der Waals surface area contributed by atoms with Gasteiger partial charge >= 0.3 is 0 Å². The molecule has 0 spiro atoms. The van der Waals surface area contributed by atoms with E-state index in [1.807, 2.05) is 24.0 Å². The van der Waals surface area contributed by atoms with Crippen molar-refractivity contribution in [2.75, 3.05) is 30.0 Å². The van der Waals surface area contributed by atoms with Crippen LogP contribution in [0.4, 0.5) is 11.6 Å². The highest BCUT2D eigenvalue weighted by molar-refractivity contribution is 6.06. The van der Waals surface area contributed by atoms with E-state index in [4.69, 9.17) is 4.74 Å². The van der Waals surface area contributed by atoms with Gasteiger partial charge in [-0.05, 0) is 37.7 Å². The SMILES string of the molecule is CCC1(c2cccnc2)Nc2nccnc2N(CCC2CCOCC2)C1=O. The van der Waals surface area contributed by atoms with Crippen molar-refractivity contribution < 1.29 is 9.53 Å². The number of anilines is 2. The minimum absolute atomic E-state index is 0.0121. The van der Waals surface area contributed by atoms with Crippen LogP contribution in [0.3, 0.4) is 0 Å². The molecule has 1 fully saturated rings. The molecule has 0 aliphatic carbocycles. The summed E-state index contributed by atoms with van der Waals surface area (Å²) < 4.78 is 5.46. The monoisotopic (exact) mass is 367 g/mol. The zero-order valence-electron chi connectivity index (χ0n) is 15.6. The van der Waals surface area contributed by atoms with Crippen molar-refractivity contribution in [3.05, 3.63) is 42.5 Å². The van der Waals surface area contributed by atoms with Crippen molar-refractivity contribution in [2.24, 2.45) is 5.92 Å². The number of hydrogen-bond donors (Lipinski definition) is 1. The summed E-state index contributed by atoms with van der Waals surface area (Å²) in [5.74, 6) is 1.85. The van der Waals surface area contributed by atoms with Crippen LogP contribution in [-0.2, 0) is 15.1 Å². The van der Waals surface area contributed by atoms with E-state index in [-0.39, 0.29) is 5.91 Å². The average molecular weight is 367 g/mol. The Hall–Kier alpha value is -2.54. The van der Waals surface area contributed by atoms with Crippen LogP contribution < -0.4 is 10.2 Å². The fraction of sp³-hybridized carbons (Fsp3) is 0.500. The van der Waals surface area contributed by atoms with E-state index < -0.39 is 5.54 Å². The number of pyridine rings is 1. The molecule has 0 bridgehead atoms. The van der Waals surface area contributed by atoms with Crippen molar-refractivity contribution in [2.45, 2.75) is 38.1 Å². The summed E-state index contributed by atoms with van der Waals surface area (Å²) in [6, 6.07) is 3.81. The fourth-order valence-electron chi connectivity index (χ4n) is 4.01. The third-order valence-corrected chi connectivity index (χ3v) is 5.66. The third kappa shape index (κ3) is 3.27. The third-order valence-electron chi connectivity index (χ3n) is 5.66. The Labute approximate surface area is 159 Å². The maximum atomic E-state index is 13.7. The number of rotatable bonds is 5. The maximum Gasteiger partial charge on any atom is 0.258 e. The van der Waals surface area contributed by atoms with Gasteiger partial charge < -0.3 is 10.1 Å². The highest BCUT2D eigenvalue weighted by Gasteiger charge is 2.47. The standard InChI is InChI=1S/C20H25N5O2/c1-2-20(16-4-3-8-21-14-16)19(26)25(11-5-15-6-12-27-13-7-15)18-17(24-20)22-9-10-23-18/h3-4,8-10,14-15H,2,5-7,11-13H2,1H3,(H,22,24). The number of amides is 1. The quantitative estimate of drug-likeness (QED) is 0.875. The number of carbonyl (C=O) groups is 1. The average Bonchev–Trinajstić information content (AvgIpc) is 2.74. The zero-order chi connectivity index (χ0) is 18.7. The minimum atomic E-state index is -0.868. The van der Waals surface area contributed by atoms with Crippen LogP contribution in [0.5, 0.6) is 0 Å². The first-order valence-corrected chi connectivity index (χ1v) is 9.64. The van der Waals surface area contributed by atoms with E-state index in [2.05, 4.69) is 20.3 Å². The Morgan fingerprint density at radius 3 is 2.81 bits per heavy atom. The fourth-order valence-corrected chi connectivity index (χ4v) is 4.01. The lowest BCUT2D eigenvalue weighted by Crippen LogP contribution is -2.56. The molecule has 1 amide bonds. The number of hydrogen-bond acceptors (Lipinski definition) is 6. The largest absolute Gasteiger partial charge is 0.381 e. The van der Waals surface area contributed by atoms with Gasteiger partial charge in [-0.3, -0.25) is 14.7 Å². The van der Waals surface area contributed by atoms with Crippen molar-refractivity contribution in [3.8, 4) is 0 Å². The molecular weight excluding hydrogens is 342 g/mol. The summed E-state index contributed by atoms with van der Waals surface area (Å²) in [5, 5.41) is 3.37. The van der Waals surface area contributed by atoms with Gasteiger partial charge in [-0.15, -0.1) is 0 Å². The molecule has 27 heavy (non-hydrogen) atoms. The molecule has 0 aromatic carbocycles. The number of fused-ring (bicyclic) bond motifs is 1. The molecule has 2 aliphatic rings. The maximum absolute atomic E-state index is 13.7. The first kappa shape index (κ1) is 17.9. The van der Waals surface area contributed by atoms with Crippen LogP contribution in [0.1, 0.15) is 38.2 Å². The summed E-state index contributed by atoms with van der Waals surface area (Å²) in [4.78, 5) is 28.6. The van der Waals surface area contributed by atoms with Gasteiger partial charge in [0.2, 0.25) is 0 Å². The lowest BCUT2D eigenvalue weighted by Gasteiger charge is -2.42. The second-order valence-corrected chi connectivity index (χ2v) is 7.16. The summed E-state index contributed by atoms with van der Waals surface area (Å²) in [7, 11) is 0. The van der Waals surface area contributed by atoms with E-state index in [9.17, 15) is 4.79 Å². The molecule has 1 atom stereocenters. The molecule has 4 rings (SSSR count). The van der Waals surface area contributed by atoms with Crippen LogP contribution in [0.25, 0.3) is 0 Å². The smallest absolute Gasteiger partial charge is 0.258 e. The number of carbonyl (C=O) groups excluding carboxylic acids is 1. The molecule has 142 valence electrons. The van der Waals surface area contributed by atoms with Crippen LogP contribution in [0.2, 0.25) is 0 Å². The van der Waals surface area contributed by atoms with Crippen LogP contribution in [0, 0.1) is 5.92 Å². The first-order chi connectivity index (χ1) is 13.2. The normalized spacial score (nSPS) is 23.0. The predicted molar refractivity (Wildman–Crippen MR) is 102 cm³/mol. The molecule has 1 unspecified atom stereocenters. The predicted octanol–water partition coefficient (Wildman–Crippen LogP) is 2.75. The van der Waals surface area contributed by atoms with Gasteiger partial charge in [0, 0.05) is 50.1 Å². The molecule has 0 saturated carbocycles. The minimum Gasteiger partial charge on any atom is -0.381 e. The second-order valence-electron chi connectivity index (χ2n) is 7.16. The van der Waals surface area contributed by atoms with Crippen molar-refractivity contribution in [1.29, 1.82) is 0 Å². The molecule has 2 aromatic heterocycles. The molecule has 1 saturated heterocycles. The lowest BCUT2D eigenvalue weighted by atomic mass is 9.84.